The Morgan fingerprint density at radius 1 is 1.09 bits per heavy atom. The number of phenolic OH excluding ortho intramolecular Hbond substituents is 1. The van der Waals surface area contributed by atoms with Gasteiger partial charge in [0.2, 0.25) is 0 Å². The van der Waals surface area contributed by atoms with E-state index in [1.54, 1.807) is 6.07 Å². The van der Waals surface area contributed by atoms with Crippen molar-refractivity contribution in [3.8, 4) is 11.5 Å². The SMILES string of the molecule is CCNCCOc1ccc([C@@H]2c3ccc(O)cc3CC3(CC3)N2C(=O)c2ccccc2)cc1. The lowest BCUT2D eigenvalue weighted by molar-refractivity contribution is 0.0541. The van der Waals surface area contributed by atoms with Crippen molar-refractivity contribution in [1.29, 1.82) is 0 Å². The zero-order valence-corrected chi connectivity index (χ0v) is 19.0. The van der Waals surface area contributed by atoms with Gasteiger partial charge < -0.3 is 20.1 Å². The van der Waals surface area contributed by atoms with Gasteiger partial charge in [-0.3, -0.25) is 4.79 Å². The van der Waals surface area contributed by atoms with Crippen molar-refractivity contribution in [2.24, 2.45) is 0 Å². The zero-order chi connectivity index (χ0) is 22.8. The summed E-state index contributed by atoms with van der Waals surface area (Å²) in [5, 5.41) is 13.4. The van der Waals surface area contributed by atoms with Crippen LogP contribution in [0.2, 0.25) is 0 Å². The quantitative estimate of drug-likeness (QED) is 0.521. The van der Waals surface area contributed by atoms with Crippen LogP contribution in [0.15, 0.2) is 72.8 Å². The largest absolute Gasteiger partial charge is 0.508 e. The molecule has 1 saturated carbocycles. The van der Waals surface area contributed by atoms with E-state index in [0.717, 1.165) is 54.8 Å². The summed E-state index contributed by atoms with van der Waals surface area (Å²) in [6.07, 6.45) is 2.73. The molecule has 0 aromatic heterocycles. The molecule has 3 aromatic rings. The maximum atomic E-state index is 13.8. The molecule has 0 saturated heterocycles. The Hall–Kier alpha value is -3.31. The lowest BCUT2D eigenvalue weighted by Crippen LogP contribution is -2.49. The second-order valence-corrected chi connectivity index (χ2v) is 9.00. The van der Waals surface area contributed by atoms with Gasteiger partial charge in [-0.25, -0.2) is 0 Å². The molecule has 1 spiro atoms. The van der Waals surface area contributed by atoms with E-state index in [2.05, 4.69) is 29.3 Å². The fourth-order valence-electron chi connectivity index (χ4n) is 4.97. The number of likely N-dealkylation sites (N-methyl/N-ethyl adjacent to an activating group) is 1. The van der Waals surface area contributed by atoms with Crippen LogP contribution in [0.5, 0.6) is 11.5 Å². The average Bonchev–Trinajstić information content (AvgIpc) is 3.60. The Labute approximate surface area is 195 Å². The van der Waals surface area contributed by atoms with Crippen LogP contribution >= 0.6 is 0 Å². The summed E-state index contributed by atoms with van der Waals surface area (Å²) in [4.78, 5) is 15.9. The van der Waals surface area contributed by atoms with E-state index in [0.29, 0.717) is 12.2 Å². The maximum absolute atomic E-state index is 13.8. The van der Waals surface area contributed by atoms with Gasteiger partial charge in [0.15, 0.2) is 0 Å². The highest BCUT2D eigenvalue weighted by molar-refractivity contribution is 5.96. The Kier molecular flexibility index (Phi) is 5.81. The molecule has 0 bridgehead atoms. The molecule has 0 radical (unpaired) electrons. The van der Waals surface area contributed by atoms with Gasteiger partial charge in [-0.2, -0.15) is 0 Å². The maximum Gasteiger partial charge on any atom is 0.255 e. The molecule has 5 heteroatoms. The van der Waals surface area contributed by atoms with Gasteiger partial charge in [-0.1, -0.05) is 43.3 Å². The summed E-state index contributed by atoms with van der Waals surface area (Å²) >= 11 is 0. The standard InChI is InChI=1S/C28H30N2O3/c1-2-29-16-17-33-24-11-8-20(9-12-24)26-25-13-10-23(31)18-22(25)19-28(14-15-28)30(26)27(32)21-6-4-3-5-7-21/h3-13,18,26,29,31H,2,14-17,19H2,1H3/t26-/m1/s1. The van der Waals surface area contributed by atoms with Gasteiger partial charge in [0.05, 0.1) is 6.04 Å². The molecule has 5 rings (SSSR count). The molecule has 5 nitrogen and oxygen atoms in total. The lowest BCUT2D eigenvalue weighted by atomic mass is 9.82. The van der Waals surface area contributed by atoms with Crippen LogP contribution < -0.4 is 10.1 Å². The Morgan fingerprint density at radius 2 is 1.85 bits per heavy atom. The molecule has 1 amide bonds. The molecule has 1 aliphatic carbocycles. The number of rotatable bonds is 7. The molecule has 3 aromatic carbocycles. The summed E-state index contributed by atoms with van der Waals surface area (Å²) in [6, 6.07) is 23.0. The van der Waals surface area contributed by atoms with Gasteiger partial charge in [0.25, 0.3) is 5.91 Å². The zero-order valence-electron chi connectivity index (χ0n) is 19.0. The first kappa shape index (κ1) is 21.5. The number of hydrogen-bond donors (Lipinski definition) is 2. The van der Waals surface area contributed by atoms with Crippen molar-refractivity contribution in [2.45, 2.75) is 37.8 Å². The Balaban J connectivity index is 1.52. The third-order valence-corrected chi connectivity index (χ3v) is 6.77. The third-order valence-electron chi connectivity index (χ3n) is 6.77. The molecule has 33 heavy (non-hydrogen) atoms. The second-order valence-electron chi connectivity index (χ2n) is 9.00. The first-order valence-corrected chi connectivity index (χ1v) is 11.8. The van der Waals surface area contributed by atoms with Crippen molar-refractivity contribution < 1.29 is 14.6 Å². The number of phenols is 1. The number of carbonyl (C=O) groups excluding carboxylic acids is 1. The topological polar surface area (TPSA) is 61.8 Å². The molecular weight excluding hydrogens is 412 g/mol. The molecule has 2 aliphatic rings. The van der Waals surface area contributed by atoms with Gasteiger partial charge >= 0.3 is 0 Å². The molecular formula is C28H30N2O3. The second kappa shape index (κ2) is 8.91. The minimum Gasteiger partial charge on any atom is -0.508 e. The summed E-state index contributed by atoms with van der Waals surface area (Å²) in [5.41, 5.74) is 3.77. The number of fused-ring (bicyclic) bond motifs is 1. The van der Waals surface area contributed by atoms with Crippen LogP contribution in [0, 0.1) is 0 Å². The van der Waals surface area contributed by atoms with Crippen LogP contribution in [0.1, 0.15) is 52.9 Å². The van der Waals surface area contributed by atoms with Crippen molar-refractivity contribution in [3.63, 3.8) is 0 Å². The first-order valence-electron chi connectivity index (χ1n) is 11.8. The minimum atomic E-state index is -0.208. The Bertz CT molecular complexity index is 1120. The number of benzene rings is 3. The van der Waals surface area contributed by atoms with E-state index in [1.807, 2.05) is 54.6 Å². The predicted octanol–water partition coefficient (Wildman–Crippen LogP) is 4.70. The number of ether oxygens (including phenoxy) is 1. The lowest BCUT2D eigenvalue weighted by Gasteiger charge is -2.44. The smallest absolute Gasteiger partial charge is 0.255 e. The molecule has 1 atom stereocenters. The van der Waals surface area contributed by atoms with Gasteiger partial charge in [-0.05, 0) is 78.9 Å². The average molecular weight is 443 g/mol. The van der Waals surface area contributed by atoms with E-state index >= 15 is 0 Å². The monoisotopic (exact) mass is 442 g/mol. The van der Waals surface area contributed by atoms with E-state index in [9.17, 15) is 9.90 Å². The van der Waals surface area contributed by atoms with Crippen LogP contribution in [0.25, 0.3) is 0 Å². The highest BCUT2D eigenvalue weighted by Crippen LogP contribution is 2.55. The van der Waals surface area contributed by atoms with Crippen LogP contribution in [0.3, 0.4) is 0 Å². The van der Waals surface area contributed by atoms with E-state index in [-0.39, 0.29) is 23.2 Å². The molecule has 1 fully saturated rings. The van der Waals surface area contributed by atoms with Crippen LogP contribution in [-0.2, 0) is 6.42 Å². The molecule has 0 unspecified atom stereocenters. The van der Waals surface area contributed by atoms with Crippen molar-refractivity contribution in [2.75, 3.05) is 19.7 Å². The highest BCUT2D eigenvalue weighted by atomic mass is 16.5. The fraction of sp³-hybridized carbons (Fsp3) is 0.321. The molecule has 1 heterocycles. The number of carbonyl (C=O) groups is 1. The van der Waals surface area contributed by atoms with Gasteiger partial charge in [0, 0.05) is 17.6 Å². The van der Waals surface area contributed by atoms with Gasteiger partial charge in [0.1, 0.15) is 18.1 Å². The Morgan fingerprint density at radius 3 is 2.55 bits per heavy atom. The van der Waals surface area contributed by atoms with E-state index in [1.165, 1.54) is 0 Å². The molecule has 2 N–H and O–H groups in total. The van der Waals surface area contributed by atoms with Gasteiger partial charge in [-0.15, -0.1) is 0 Å². The van der Waals surface area contributed by atoms with Crippen molar-refractivity contribution >= 4 is 5.91 Å². The van der Waals surface area contributed by atoms with E-state index < -0.39 is 0 Å². The number of nitrogens with one attached hydrogen (secondary N) is 1. The normalized spacial score (nSPS) is 18.1. The van der Waals surface area contributed by atoms with Crippen molar-refractivity contribution in [1.82, 2.24) is 10.2 Å². The summed E-state index contributed by atoms with van der Waals surface area (Å²) < 4.78 is 5.86. The first-order chi connectivity index (χ1) is 16.1. The van der Waals surface area contributed by atoms with Crippen LogP contribution in [-0.4, -0.2) is 41.1 Å². The summed E-state index contributed by atoms with van der Waals surface area (Å²) in [6.45, 7) is 4.41. The third kappa shape index (κ3) is 4.21. The summed E-state index contributed by atoms with van der Waals surface area (Å²) in [5.74, 6) is 1.15. The number of aromatic hydroxyl groups is 1. The summed E-state index contributed by atoms with van der Waals surface area (Å²) in [7, 11) is 0. The predicted molar refractivity (Wildman–Crippen MR) is 129 cm³/mol. The highest BCUT2D eigenvalue weighted by Gasteiger charge is 2.56. The number of amides is 1. The van der Waals surface area contributed by atoms with Crippen LogP contribution in [0.4, 0.5) is 0 Å². The van der Waals surface area contributed by atoms with E-state index in [4.69, 9.17) is 4.74 Å². The van der Waals surface area contributed by atoms with Crippen molar-refractivity contribution in [3.05, 3.63) is 95.1 Å². The fourth-order valence-corrected chi connectivity index (χ4v) is 4.97. The number of hydrogen-bond acceptors (Lipinski definition) is 4. The number of nitrogens with zero attached hydrogens (tertiary/aromatic N) is 1. The minimum absolute atomic E-state index is 0.0581. The molecule has 1 aliphatic heterocycles. The molecule has 170 valence electrons.